The van der Waals surface area contributed by atoms with Crippen LogP contribution in [0.15, 0.2) is 57.4 Å². The number of benzene rings is 1. The minimum atomic E-state index is -0.518. The van der Waals surface area contributed by atoms with Gasteiger partial charge in [-0.2, -0.15) is 0 Å². The van der Waals surface area contributed by atoms with Gasteiger partial charge in [0, 0.05) is 17.0 Å². The third-order valence-electron chi connectivity index (χ3n) is 3.78. The molecule has 8 nitrogen and oxygen atoms in total. The van der Waals surface area contributed by atoms with Crippen molar-refractivity contribution in [2.45, 2.75) is 6.92 Å². The first-order valence-corrected chi connectivity index (χ1v) is 8.90. The third-order valence-corrected chi connectivity index (χ3v) is 4.67. The Labute approximate surface area is 157 Å². The van der Waals surface area contributed by atoms with E-state index in [-0.39, 0.29) is 18.0 Å². The zero-order chi connectivity index (χ0) is 18.8. The number of carbonyl (C=O) groups excluding carboxylic acids is 1. The molecule has 9 heteroatoms. The van der Waals surface area contributed by atoms with Gasteiger partial charge >= 0.3 is 0 Å². The summed E-state index contributed by atoms with van der Waals surface area (Å²) < 4.78 is 11.1. The minimum Gasteiger partial charge on any atom is -0.465 e. The van der Waals surface area contributed by atoms with Gasteiger partial charge in [-0.25, -0.2) is 9.66 Å². The van der Waals surface area contributed by atoms with Crippen LogP contribution in [0.3, 0.4) is 0 Å². The van der Waals surface area contributed by atoms with Crippen LogP contribution in [-0.4, -0.2) is 27.3 Å². The molecule has 3 aromatic heterocycles. The molecule has 0 fully saturated rings. The van der Waals surface area contributed by atoms with Gasteiger partial charge in [0.2, 0.25) is 0 Å². The summed E-state index contributed by atoms with van der Waals surface area (Å²) in [6.45, 7) is 1.40. The Bertz CT molecular complexity index is 1160. The molecule has 4 aromatic rings. The maximum atomic E-state index is 12.8. The van der Waals surface area contributed by atoms with Gasteiger partial charge in [-0.3, -0.25) is 15.0 Å². The number of hydrogen-bond acceptors (Lipinski definition) is 7. The number of amides is 1. The van der Waals surface area contributed by atoms with Crippen LogP contribution >= 0.6 is 11.3 Å². The lowest BCUT2D eigenvalue weighted by atomic mass is 10.1. The smallest absolute Gasteiger partial charge is 0.281 e. The molecule has 0 unspecified atom stereocenters. The van der Waals surface area contributed by atoms with E-state index in [2.05, 4.69) is 15.6 Å². The second-order valence-electron chi connectivity index (χ2n) is 5.71. The van der Waals surface area contributed by atoms with Crippen molar-refractivity contribution in [2.75, 3.05) is 12.0 Å². The van der Waals surface area contributed by atoms with E-state index in [0.717, 1.165) is 15.8 Å². The molecule has 0 atom stereocenters. The number of ether oxygens (including phenoxy) is 1. The van der Waals surface area contributed by atoms with E-state index in [1.807, 2.05) is 35.7 Å². The molecule has 0 aliphatic carbocycles. The van der Waals surface area contributed by atoms with Crippen molar-refractivity contribution in [1.82, 2.24) is 14.8 Å². The average molecular weight is 382 g/mol. The van der Waals surface area contributed by atoms with E-state index in [1.54, 1.807) is 13.0 Å². The van der Waals surface area contributed by atoms with Crippen LogP contribution in [-0.2, 0) is 4.79 Å². The monoisotopic (exact) mass is 382 g/mol. The van der Waals surface area contributed by atoms with E-state index in [4.69, 9.17) is 9.26 Å². The maximum absolute atomic E-state index is 12.8. The number of aryl methyl sites for hydroxylation is 1. The Morgan fingerprint density at radius 1 is 1.33 bits per heavy atom. The Morgan fingerprint density at radius 2 is 2.15 bits per heavy atom. The number of nitrogens with one attached hydrogen (secondary N) is 1. The fourth-order valence-corrected chi connectivity index (χ4v) is 3.47. The van der Waals surface area contributed by atoms with E-state index in [0.29, 0.717) is 16.0 Å². The first-order chi connectivity index (χ1) is 13.1. The average Bonchev–Trinajstić information content (AvgIpc) is 3.29. The van der Waals surface area contributed by atoms with E-state index in [1.165, 1.54) is 17.7 Å². The third kappa shape index (κ3) is 3.44. The lowest BCUT2D eigenvalue weighted by Gasteiger charge is -2.08. The minimum absolute atomic E-state index is 0.202. The summed E-state index contributed by atoms with van der Waals surface area (Å²) in [5.74, 6) is 0.255. The standard InChI is InChI=1S/C18H14N4O4S/c1-11-7-15(21-26-11)25-8-14(23)20-22-10-19-17-16(18(22)24)13(9-27-17)12-5-3-2-4-6-12/h2-7,9-10H,8H2,1H3,(H,20,23). The van der Waals surface area contributed by atoms with Crippen LogP contribution in [0.4, 0.5) is 0 Å². The molecule has 0 saturated heterocycles. The van der Waals surface area contributed by atoms with Gasteiger partial charge in [-0.1, -0.05) is 30.3 Å². The molecule has 1 aromatic carbocycles. The molecule has 4 rings (SSSR count). The van der Waals surface area contributed by atoms with Gasteiger partial charge in [0.05, 0.1) is 5.39 Å². The molecule has 0 saturated carbocycles. The summed E-state index contributed by atoms with van der Waals surface area (Å²) in [5.41, 5.74) is 3.81. The molecule has 27 heavy (non-hydrogen) atoms. The number of carbonyl (C=O) groups is 1. The molecular weight excluding hydrogens is 368 g/mol. The van der Waals surface area contributed by atoms with Crippen molar-refractivity contribution in [2.24, 2.45) is 0 Å². The number of thiophene rings is 1. The van der Waals surface area contributed by atoms with Crippen molar-refractivity contribution in [3.8, 4) is 17.0 Å². The Balaban J connectivity index is 1.58. The summed E-state index contributed by atoms with van der Waals surface area (Å²) in [5, 5.41) is 5.98. The lowest BCUT2D eigenvalue weighted by molar-refractivity contribution is -0.119. The molecular formula is C18H14N4O4S. The first kappa shape index (κ1) is 17.0. The Hall–Kier alpha value is -3.46. The second-order valence-corrected chi connectivity index (χ2v) is 6.57. The normalized spacial score (nSPS) is 10.9. The largest absolute Gasteiger partial charge is 0.465 e. The van der Waals surface area contributed by atoms with Crippen molar-refractivity contribution in [3.63, 3.8) is 0 Å². The van der Waals surface area contributed by atoms with Crippen molar-refractivity contribution >= 4 is 27.5 Å². The summed E-state index contributed by atoms with van der Waals surface area (Å²) in [6.07, 6.45) is 1.29. The number of fused-ring (bicyclic) bond motifs is 1. The van der Waals surface area contributed by atoms with Crippen molar-refractivity contribution in [1.29, 1.82) is 0 Å². The molecule has 136 valence electrons. The summed E-state index contributed by atoms with van der Waals surface area (Å²) in [7, 11) is 0. The molecule has 0 aliphatic heterocycles. The van der Waals surface area contributed by atoms with Crippen LogP contribution in [0.5, 0.6) is 5.88 Å². The molecule has 0 aliphatic rings. The molecule has 0 spiro atoms. The van der Waals surface area contributed by atoms with Gasteiger partial charge < -0.3 is 9.26 Å². The zero-order valence-electron chi connectivity index (χ0n) is 14.2. The zero-order valence-corrected chi connectivity index (χ0v) is 15.0. The van der Waals surface area contributed by atoms with Gasteiger partial charge in [-0.15, -0.1) is 11.3 Å². The number of rotatable bonds is 5. The molecule has 3 heterocycles. The quantitative estimate of drug-likeness (QED) is 0.569. The highest BCUT2D eigenvalue weighted by atomic mass is 32.1. The topological polar surface area (TPSA) is 99.2 Å². The number of nitrogens with zero attached hydrogens (tertiary/aromatic N) is 3. The predicted octanol–water partition coefficient (Wildman–Crippen LogP) is 2.57. The van der Waals surface area contributed by atoms with Crippen LogP contribution in [0, 0.1) is 6.92 Å². The predicted molar refractivity (Wildman–Crippen MR) is 100 cm³/mol. The maximum Gasteiger partial charge on any atom is 0.281 e. The molecule has 1 N–H and O–H groups in total. The van der Waals surface area contributed by atoms with E-state index < -0.39 is 5.91 Å². The SMILES string of the molecule is Cc1cc(OCC(=O)Nn2cnc3scc(-c4ccccc4)c3c2=O)no1. The van der Waals surface area contributed by atoms with E-state index in [9.17, 15) is 9.59 Å². The van der Waals surface area contributed by atoms with Crippen molar-refractivity contribution in [3.05, 3.63) is 64.2 Å². The van der Waals surface area contributed by atoms with Crippen LogP contribution < -0.4 is 15.7 Å². The second kappa shape index (κ2) is 7.04. The Morgan fingerprint density at radius 3 is 2.89 bits per heavy atom. The van der Waals surface area contributed by atoms with Crippen LogP contribution in [0.2, 0.25) is 0 Å². The number of aromatic nitrogens is 3. The van der Waals surface area contributed by atoms with E-state index >= 15 is 0 Å². The summed E-state index contributed by atoms with van der Waals surface area (Å²) >= 11 is 1.38. The fraction of sp³-hybridized carbons (Fsp3) is 0.111. The van der Waals surface area contributed by atoms with Gasteiger partial charge in [0.15, 0.2) is 6.61 Å². The van der Waals surface area contributed by atoms with Gasteiger partial charge in [0.1, 0.15) is 16.9 Å². The molecule has 0 radical (unpaired) electrons. The highest BCUT2D eigenvalue weighted by Crippen LogP contribution is 2.30. The Kier molecular flexibility index (Phi) is 4.43. The van der Waals surface area contributed by atoms with Gasteiger partial charge in [0.25, 0.3) is 17.3 Å². The van der Waals surface area contributed by atoms with Crippen LogP contribution in [0.25, 0.3) is 21.3 Å². The van der Waals surface area contributed by atoms with Crippen molar-refractivity contribution < 1.29 is 14.1 Å². The fourth-order valence-electron chi connectivity index (χ4n) is 2.56. The van der Waals surface area contributed by atoms with Gasteiger partial charge in [-0.05, 0) is 17.6 Å². The lowest BCUT2D eigenvalue weighted by Crippen LogP contribution is -2.35. The summed E-state index contributed by atoms with van der Waals surface area (Å²) in [4.78, 5) is 29.8. The first-order valence-electron chi connectivity index (χ1n) is 8.02. The summed E-state index contributed by atoms with van der Waals surface area (Å²) in [6, 6.07) is 11.1. The van der Waals surface area contributed by atoms with Crippen LogP contribution in [0.1, 0.15) is 5.76 Å². The molecule has 1 amide bonds. The number of hydrogen-bond donors (Lipinski definition) is 1. The highest BCUT2D eigenvalue weighted by Gasteiger charge is 2.14. The highest BCUT2D eigenvalue weighted by molar-refractivity contribution is 7.17. The molecule has 0 bridgehead atoms.